The third-order valence-electron chi connectivity index (χ3n) is 3.59. The third-order valence-corrected chi connectivity index (χ3v) is 4.46. The Kier molecular flexibility index (Phi) is 6.61. The molecule has 0 aliphatic carbocycles. The number of hydrogen-bond donors (Lipinski definition) is 1. The highest BCUT2D eigenvalue weighted by atomic mass is 32.1. The molecule has 0 saturated carbocycles. The minimum Gasteiger partial charge on any atom is -0.486 e. The Bertz CT molecular complexity index is 670. The topological polar surface area (TPSA) is 54.5 Å². The number of aromatic nitrogens is 1. The summed E-state index contributed by atoms with van der Waals surface area (Å²) in [6, 6.07) is 7.99. The second kappa shape index (κ2) is 8.68. The molecular weight excluding hydrogens is 322 g/mol. The molecule has 24 heavy (non-hydrogen) atoms. The van der Waals surface area contributed by atoms with E-state index < -0.39 is 0 Å². The van der Waals surface area contributed by atoms with E-state index in [1.807, 2.05) is 57.3 Å². The fourth-order valence-electron chi connectivity index (χ4n) is 2.26. The smallest absolute Gasteiger partial charge is 0.317 e. The van der Waals surface area contributed by atoms with E-state index in [1.54, 1.807) is 16.2 Å². The van der Waals surface area contributed by atoms with Crippen LogP contribution in [0.2, 0.25) is 0 Å². The van der Waals surface area contributed by atoms with Gasteiger partial charge >= 0.3 is 6.03 Å². The number of carbonyl (C=O) groups excluding carboxylic acids is 1. The van der Waals surface area contributed by atoms with E-state index in [0.717, 1.165) is 22.0 Å². The molecule has 1 heterocycles. The van der Waals surface area contributed by atoms with Gasteiger partial charge in [-0.25, -0.2) is 9.78 Å². The van der Waals surface area contributed by atoms with Crippen molar-refractivity contribution in [2.75, 3.05) is 6.54 Å². The molecule has 0 radical (unpaired) electrons. The summed E-state index contributed by atoms with van der Waals surface area (Å²) in [5, 5.41) is 5.75. The Balaban J connectivity index is 1.97. The molecule has 1 N–H and O–H groups in total. The summed E-state index contributed by atoms with van der Waals surface area (Å²) in [6.45, 7) is 9.51. The summed E-state index contributed by atoms with van der Waals surface area (Å²) >= 11 is 1.56. The van der Waals surface area contributed by atoms with Crippen LogP contribution in [0, 0.1) is 6.92 Å². The number of benzene rings is 1. The van der Waals surface area contributed by atoms with Crippen molar-refractivity contribution in [3.63, 3.8) is 0 Å². The number of para-hydroxylation sites is 1. The fourth-order valence-corrected chi connectivity index (χ4v) is 2.96. The second-order valence-corrected chi connectivity index (χ2v) is 6.79. The Hall–Kier alpha value is -2.08. The molecule has 0 aliphatic rings. The number of amides is 2. The van der Waals surface area contributed by atoms with Gasteiger partial charge in [-0.1, -0.05) is 18.2 Å². The highest BCUT2D eigenvalue weighted by Crippen LogP contribution is 2.20. The zero-order valence-electron chi connectivity index (χ0n) is 14.7. The van der Waals surface area contributed by atoms with Gasteiger partial charge in [0.1, 0.15) is 17.4 Å². The Morgan fingerprint density at radius 2 is 2.12 bits per heavy atom. The van der Waals surface area contributed by atoms with Crippen molar-refractivity contribution < 1.29 is 9.53 Å². The van der Waals surface area contributed by atoms with E-state index in [9.17, 15) is 4.79 Å². The lowest BCUT2D eigenvalue weighted by Crippen LogP contribution is -2.43. The lowest BCUT2D eigenvalue weighted by molar-refractivity contribution is 0.179. The van der Waals surface area contributed by atoms with Gasteiger partial charge in [0.25, 0.3) is 0 Å². The van der Waals surface area contributed by atoms with Crippen molar-refractivity contribution in [2.45, 2.75) is 46.9 Å². The van der Waals surface area contributed by atoms with Crippen LogP contribution >= 0.6 is 11.3 Å². The van der Waals surface area contributed by atoms with Crippen molar-refractivity contribution in [2.24, 2.45) is 0 Å². The van der Waals surface area contributed by atoms with Gasteiger partial charge in [-0.05, 0) is 39.3 Å². The van der Waals surface area contributed by atoms with Crippen LogP contribution in [0.25, 0.3) is 0 Å². The summed E-state index contributed by atoms with van der Waals surface area (Å²) in [7, 11) is 0. The second-order valence-electron chi connectivity index (χ2n) is 5.84. The number of nitrogens with zero attached hydrogens (tertiary/aromatic N) is 2. The van der Waals surface area contributed by atoms with Crippen LogP contribution in [-0.4, -0.2) is 28.5 Å². The first-order valence-electron chi connectivity index (χ1n) is 8.17. The molecule has 2 amide bonds. The Morgan fingerprint density at radius 1 is 1.38 bits per heavy atom. The Morgan fingerprint density at radius 3 is 2.79 bits per heavy atom. The molecule has 130 valence electrons. The lowest BCUT2D eigenvalue weighted by Gasteiger charge is -2.25. The minimum atomic E-state index is -0.0572. The van der Waals surface area contributed by atoms with Gasteiger partial charge in [0.15, 0.2) is 0 Å². The van der Waals surface area contributed by atoms with Crippen molar-refractivity contribution in [1.29, 1.82) is 0 Å². The Labute approximate surface area is 147 Å². The first-order valence-corrected chi connectivity index (χ1v) is 9.05. The zero-order chi connectivity index (χ0) is 17.5. The molecule has 0 unspecified atom stereocenters. The third kappa shape index (κ3) is 4.96. The molecule has 1 aromatic heterocycles. The molecule has 0 aliphatic heterocycles. The van der Waals surface area contributed by atoms with Crippen LogP contribution in [0.5, 0.6) is 5.75 Å². The molecule has 2 rings (SSSR count). The van der Waals surface area contributed by atoms with Gasteiger partial charge < -0.3 is 15.0 Å². The lowest BCUT2D eigenvalue weighted by atomic mass is 10.2. The number of ether oxygens (including phenoxy) is 1. The average molecular weight is 347 g/mol. The molecule has 5 nitrogen and oxygen atoms in total. The van der Waals surface area contributed by atoms with E-state index in [0.29, 0.717) is 19.7 Å². The largest absolute Gasteiger partial charge is 0.486 e. The van der Waals surface area contributed by atoms with E-state index in [-0.39, 0.29) is 12.1 Å². The average Bonchev–Trinajstić information content (AvgIpc) is 2.99. The standard InChI is InChI=1S/C18H25N3O2S/c1-5-19-18(22)21(13(2)3)10-15-12-24-17(20-15)11-23-16-9-7-6-8-14(16)4/h6-9,12-13H,5,10-11H2,1-4H3,(H,19,22). The minimum absolute atomic E-state index is 0.0572. The predicted octanol–water partition coefficient (Wildman–Crippen LogP) is 3.97. The highest BCUT2D eigenvalue weighted by Gasteiger charge is 2.18. The van der Waals surface area contributed by atoms with Gasteiger partial charge in [0.05, 0.1) is 12.2 Å². The van der Waals surface area contributed by atoms with E-state index in [4.69, 9.17) is 4.74 Å². The summed E-state index contributed by atoms with van der Waals surface area (Å²) in [6.07, 6.45) is 0. The zero-order valence-corrected chi connectivity index (χ0v) is 15.5. The van der Waals surface area contributed by atoms with Crippen molar-refractivity contribution in [3.05, 3.63) is 45.9 Å². The quantitative estimate of drug-likeness (QED) is 0.824. The van der Waals surface area contributed by atoms with E-state index in [1.165, 1.54) is 0 Å². The van der Waals surface area contributed by atoms with Crippen LogP contribution in [0.4, 0.5) is 4.79 Å². The number of hydrogen-bond acceptors (Lipinski definition) is 4. The van der Waals surface area contributed by atoms with Gasteiger partial charge in [0, 0.05) is 18.0 Å². The van der Waals surface area contributed by atoms with Crippen LogP contribution in [-0.2, 0) is 13.2 Å². The number of urea groups is 1. The number of rotatable bonds is 7. The molecule has 0 fully saturated rings. The summed E-state index contributed by atoms with van der Waals surface area (Å²) in [5.74, 6) is 0.875. The van der Waals surface area contributed by atoms with Gasteiger partial charge in [-0.3, -0.25) is 0 Å². The maximum absolute atomic E-state index is 12.1. The maximum Gasteiger partial charge on any atom is 0.317 e. The molecule has 6 heteroatoms. The number of thiazole rings is 1. The van der Waals surface area contributed by atoms with E-state index in [2.05, 4.69) is 10.3 Å². The van der Waals surface area contributed by atoms with Gasteiger partial charge in [-0.15, -0.1) is 11.3 Å². The highest BCUT2D eigenvalue weighted by molar-refractivity contribution is 7.09. The fraction of sp³-hybridized carbons (Fsp3) is 0.444. The first-order chi connectivity index (χ1) is 11.5. The van der Waals surface area contributed by atoms with Crippen LogP contribution in [0.15, 0.2) is 29.6 Å². The van der Waals surface area contributed by atoms with Crippen LogP contribution < -0.4 is 10.1 Å². The van der Waals surface area contributed by atoms with Gasteiger partial charge in [-0.2, -0.15) is 0 Å². The number of nitrogens with one attached hydrogen (secondary N) is 1. The number of carbonyl (C=O) groups is 1. The van der Waals surface area contributed by atoms with Crippen LogP contribution in [0.3, 0.4) is 0 Å². The van der Waals surface area contributed by atoms with Crippen molar-refractivity contribution >= 4 is 17.4 Å². The summed E-state index contributed by atoms with van der Waals surface area (Å²) in [4.78, 5) is 18.5. The molecule has 0 bridgehead atoms. The first kappa shape index (κ1) is 18.3. The monoisotopic (exact) mass is 347 g/mol. The van der Waals surface area contributed by atoms with Crippen LogP contribution in [0.1, 0.15) is 37.0 Å². The summed E-state index contributed by atoms with van der Waals surface area (Å²) < 4.78 is 5.83. The van der Waals surface area contributed by atoms with Crippen molar-refractivity contribution in [1.82, 2.24) is 15.2 Å². The van der Waals surface area contributed by atoms with Gasteiger partial charge in [0.2, 0.25) is 0 Å². The summed E-state index contributed by atoms with van der Waals surface area (Å²) in [5.41, 5.74) is 2.00. The number of aryl methyl sites for hydroxylation is 1. The normalized spacial score (nSPS) is 10.7. The predicted molar refractivity (Wildman–Crippen MR) is 97.4 cm³/mol. The maximum atomic E-state index is 12.1. The molecule has 1 aromatic carbocycles. The van der Waals surface area contributed by atoms with Crippen molar-refractivity contribution in [3.8, 4) is 5.75 Å². The molecule has 0 atom stereocenters. The molecule has 0 spiro atoms. The molecule has 0 saturated heterocycles. The SMILES string of the molecule is CCNC(=O)N(Cc1csc(COc2ccccc2C)n1)C(C)C. The van der Waals surface area contributed by atoms with E-state index >= 15 is 0 Å². The molecular formula is C18H25N3O2S. The molecule has 2 aromatic rings.